The van der Waals surface area contributed by atoms with E-state index in [1.165, 1.54) is 16.4 Å². The molecule has 1 aromatic carbocycles. The summed E-state index contributed by atoms with van der Waals surface area (Å²) in [6.07, 6.45) is 6.32. The van der Waals surface area contributed by atoms with Crippen LogP contribution in [0.2, 0.25) is 0 Å². The molecule has 8 nitrogen and oxygen atoms in total. The van der Waals surface area contributed by atoms with Gasteiger partial charge in [-0.2, -0.15) is 9.40 Å². The normalized spacial score (nSPS) is 17.4. The quantitative estimate of drug-likeness (QED) is 0.631. The van der Waals surface area contributed by atoms with Crippen molar-refractivity contribution in [3.8, 4) is 0 Å². The van der Waals surface area contributed by atoms with Crippen molar-refractivity contribution in [2.24, 2.45) is 5.92 Å². The van der Waals surface area contributed by atoms with Crippen molar-refractivity contribution < 1.29 is 17.6 Å². The van der Waals surface area contributed by atoms with E-state index in [1.807, 2.05) is 12.1 Å². The largest absolute Gasteiger partial charge is 0.309 e. The van der Waals surface area contributed by atoms with Crippen LogP contribution in [0.15, 0.2) is 66.0 Å². The second-order valence-electron chi connectivity index (χ2n) is 7.40. The molecule has 1 aliphatic rings. The summed E-state index contributed by atoms with van der Waals surface area (Å²) >= 11 is 0. The van der Waals surface area contributed by atoms with E-state index in [9.17, 15) is 17.6 Å². The van der Waals surface area contributed by atoms with Crippen LogP contribution in [0.3, 0.4) is 0 Å². The smallest absolute Gasteiger partial charge is 0.243 e. The van der Waals surface area contributed by atoms with Gasteiger partial charge in [0.1, 0.15) is 5.82 Å². The zero-order valence-corrected chi connectivity index (χ0v) is 17.5. The summed E-state index contributed by atoms with van der Waals surface area (Å²) in [5.74, 6) is -0.849. The Morgan fingerprint density at radius 3 is 2.61 bits per heavy atom. The Balaban J connectivity index is 1.39. The maximum absolute atomic E-state index is 13.1. The van der Waals surface area contributed by atoms with Gasteiger partial charge in [-0.25, -0.2) is 12.8 Å². The summed E-state index contributed by atoms with van der Waals surface area (Å²) in [7, 11) is -3.79. The van der Waals surface area contributed by atoms with Gasteiger partial charge in [-0.3, -0.25) is 14.5 Å². The minimum Gasteiger partial charge on any atom is -0.309 e. The lowest BCUT2D eigenvalue weighted by Gasteiger charge is -2.31. The second kappa shape index (κ2) is 8.94. The number of nitrogens with one attached hydrogen (secondary N) is 1. The van der Waals surface area contributed by atoms with Crippen molar-refractivity contribution in [2.75, 3.05) is 18.4 Å². The van der Waals surface area contributed by atoms with E-state index < -0.39 is 21.8 Å². The van der Waals surface area contributed by atoms with Crippen molar-refractivity contribution in [2.45, 2.75) is 24.3 Å². The van der Waals surface area contributed by atoms with Gasteiger partial charge in [-0.15, -0.1) is 0 Å². The van der Waals surface area contributed by atoms with Crippen LogP contribution >= 0.6 is 0 Å². The van der Waals surface area contributed by atoms with Crippen LogP contribution in [0.4, 0.5) is 10.2 Å². The molecule has 1 unspecified atom stereocenters. The zero-order chi connectivity index (χ0) is 21.8. The molecule has 1 N–H and O–H groups in total. The van der Waals surface area contributed by atoms with E-state index >= 15 is 0 Å². The molecule has 2 aromatic heterocycles. The van der Waals surface area contributed by atoms with E-state index in [4.69, 9.17) is 0 Å². The van der Waals surface area contributed by atoms with Gasteiger partial charge in [0.25, 0.3) is 0 Å². The number of carbonyl (C=O) groups excluding carboxylic acids is 1. The summed E-state index contributed by atoms with van der Waals surface area (Å²) in [4.78, 5) is 16.7. The standard InChI is InChI=1S/C21H22FN5O3S/c22-18-3-5-19(6-4-18)31(29,30)27-12-1-2-17(15-27)21(28)24-20-9-13-26(25-20)14-16-7-10-23-11-8-16/h3-11,13,17H,1-2,12,14-15H2,(H,24,25,28). The Labute approximate surface area is 179 Å². The lowest BCUT2D eigenvalue weighted by Crippen LogP contribution is -2.43. The summed E-state index contributed by atoms with van der Waals surface area (Å²) in [6, 6.07) is 10.2. The SMILES string of the molecule is O=C(Nc1ccn(Cc2ccncc2)n1)C1CCCN(S(=O)(=O)c2ccc(F)cc2)C1. The molecular weight excluding hydrogens is 421 g/mol. The number of piperidine rings is 1. The first kappa shape index (κ1) is 21.1. The Morgan fingerprint density at radius 1 is 1.13 bits per heavy atom. The number of sulfonamides is 1. The van der Waals surface area contributed by atoms with Gasteiger partial charge < -0.3 is 5.32 Å². The van der Waals surface area contributed by atoms with Gasteiger partial charge in [-0.1, -0.05) is 0 Å². The monoisotopic (exact) mass is 443 g/mol. The number of aromatic nitrogens is 3. The number of amides is 1. The number of nitrogens with zero attached hydrogens (tertiary/aromatic N) is 4. The maximum Gasteiger partial charge on any atom is 0.243 e. The molecule has 31 heavy (non-hydrogen) atoms. The molecule has 0 saturated carbocycles. The highest BCUT2D eigenvalue weighted by atomic mass is 32.2. The van der Waals surface area contributed by atoms with Crippen molar-refractivity contribution in [3.05, 3.63) is 72.4 Å². The van der Waals surface area contributed by atoms with Crippen molar-refractivity contribution in [1.82, 2.24) is 19.1 Å². The summed E-state index contributed by atoms with van der Waals surface area (Å²) in [6.45, 7) is 0.943. The highest BCUT2D eigenvalue weighted by Gasteiger charge is 2.33. The van der Waals surface area contributed by atoms with Crippen LogP contribution < -0.4 is 5.32 Å². The summed E-state index contributed by atoms with van der Waals surface area (Å²) < 4.78 is 41.8. The molecule has 1 fully saturated rings. The topological polar surface area (TPSA) is 97.2 Å². The number of benzene rings is 1. The van der Waals surface area contributed by atoms with Crippen LogP contribution in [-0.4, -0.2) is 46.5 Å². The number of hydrogen-bond acceptors (Lipinski definition) is 5. The molecule has 1 atom stereocenters. The molecule has 0 radical (unpaired) electrons. The Hall–Kier alpha value is -3.11. The van der Waals surface area contributed by atoms with E-state index in [2.05, 4.69) is 15.4 Å². The van der Waals surface area contributed by atoms with E-state index in [-0.39, 0.29) is 17.3 Å². The van der Waals surface area contributed by atoms with Gasteiger partial charge in [0.15, 0.2) is 5.82 Å². The molecule has 162 valence electrons. The van der Waals surface area contributed by atoms with Gasteiger partial charge >= 0.3 is 0 Å². The molecule has 1 aliphatic heterocycles. The third kappa shape index (κ3) is 4.97. The zero-order valence-electron chi connectivity index (χ0n) is 16.7. The Kier molecular flexibility index (Phi) is 6.10. The molecule has 0 spiro atoms. The molecule has 0 bridgehead atoms. The number of hydrogen-bond donors (Lipinski definition) is 1. The molecular formula is C21H22FN5O3S. The number of rotatable bonds is 6. The summed E-state index contributed by atoms with van der Waals surface area (Å²) in [5.41, 5.74) is 1.03. The molecule has 1 amide bonds. The van der Waals surface area contributed by atoms with Gasteiger partial charge in [0.05, 0.1) is 17.4 Å². The average Bonchev–Trinajstić information content (AvgIpc) is 3.21. The number of carbonyl (C=O) groups is 1. The van der Waals surface area contributed by atoms with Crippen LogP contribution in [0, 0.1) is 11.7 Å². The van der Waals surface area contributed by atoms with Crippen LogP contribution in [-0.2, 0) is 21.4 Å². The fraction of sp³-hybridized carbons (Fsp3) is 0.286. The van der Waals surface area contributed by atoms with Crippen LogP contribution in [0.5, 0.6) is 0 Å². The van der Waals surface area contributed by atoms with E-state index in [0.29, 0.717) is 31.7 Å². The van der Waals surface area contributed by atoms with Gasteiger partial charge in [-0.05, 0) is 54.8 Å². The van der Waals surface area contributed by atoms with Crippen molar-refractivity contribution in [1.29, 1.82) is 0 Å². The number of halogens is 1. The first-order valence-electron chi connectivity index (χ1n) is 9.91. The third-order valence-electron chi connectivity index (χ3n) is 5.19. The molecule has 3 aromatic rings. The third-order valence-corrected chi connectivity index (χ3v) is 7.07. The van der Waals surface area contributed by atoms with E-state index in [0.717, 1.165) is 17.7 Å². The van der Waals surface area contributed by atoms with Crippen molar-refractivity contribution >= 4 is 21.7 Å². The lowest BCUT2D eigenvalue weighted by atomic mass is 9.99. The number of anilines is 1. The summed E-state index contributed by atoms with van der Waals surface area (Å²) in [5, 5.41) is 7.14. The van der Waals surface area contributed by atoms with Gasteiger partial charge in [0.2, 0.25) is 15.9 Å². The highest BCUT2D eigenvalue weighted by Crippen LogP contribution is 2.25. The molecule has 3 heterocycles. The average molecular weight is 444 g/mol. The number of pyridine rings is 1. The first-order valence-corrected chi connectivity index (χ1v) is 11.3. The lowest BCUT2D eigenvalue weighted by molar-refractivity contribution is -0.120. The predicted molar refractivity (Wildman–Crippen MR) is 112 cm³/mol. The molecule has 10 heteroatoms. The van der Waals surface area contributed by atoms with Gasteiger partial charge in [0, 0.05) is 37.7 Å². The molecule has 1 saturated heterocycles. The van der Waals surface area contributed by atoms with Crippen molar-refractivity contribution in [3.63, 3.8) is 0 Å². The Morgan fingerprint density at radius 2 is 1.87 bits per heavy atom. The molecule has 0 aliphatic carbocycles. The van der Waals surface area contributed by atoms with Crippen LogP contribution in [0.25, 0.3) is 0 Å². The first-order chi connectivity index (χ1) is 14.9. The maximum atomic E-state index is 13.1. The minimum absolute atomic E-state index is 0.0183. The van der Waals surface area contributed by atoms with E-state index in [1.54, 1.807) is 29.3 Å². The predicted octanol–water partition coefficient (Wildman–Crippen LogP) is 2.50. The Bertz CT molecular complexity index is 1150. The fourth-order valence-corrected chi connectivity index (χ4v) is 5.07. The minimum atomic E-state index is -3.79. The second-order valence-corrected chi connectivity index (χ2v) is 9.34. The van der Waals surface area contributed by atoms with Crippen LogP contribution in [0.1, 0.15) is 18.4 Å². The molecule has 4 rings (SSSR count). The highest BCUT2D eigenvalue weighted by molar-refractivity contribution is 7.89. The fourth-order valence-electron chi connectivity index (χ4n) is 3.55.